The van der Waals surface area contributed by atoms with Crippen LogP contribution < -0.4 is 4.74 Å². The fourth-order valence-corrected chi connectivity index (χ4v) is 3.68. The van der Waals surface area contributed by atoms with E-state index >= 15 is 0 Å². The number of phosphoric ester groups is 1. The van der Waals surface area contributed by atoms with Crippen molar-refractivity contribution in [2.24, 2.45) is 5.11 Å². The van der Waals surface area contributed by atoms with Gasteiger partial charge < -0.3 is 19.4 Å². The lowest BCUT2D eigenvalue weighted by atomic mass is 10.1. The summed E-state index contributed by atoms with van der Waals surface area (Å²) in [6.45, 7) is 5.64. The van der Waals surface area contributed by atoms with Crippen LogP contribution in [0.25, 0.3) is 10.4 Å². The lowest BCUT2D eigenvalue weighted by Gasteiger charge is -2.20. The summed E-state index contributed by atoms with van der Waals surface area (Å²) in [5.74, 6) is 0.129. The van der Waals surface area contributed by atoms with Crippen LogP contribution in [-0.2, 0) is 18.0 Å². The zero-order valence-electron chi connectivity index (χ0n) is 16.1. The second-order valence-electron chi connectivity index (χ2n) is 6.15. The molecule has 3 N–H and O–H groups in total. The minimum Gasteiger partial charge on any atom is -0.461 e. The van der Waals surface area contributed by atoms with E-state index in [0.29, 0.717) is 12.8 Å². The lowest BCUT2D eigenvalue weighted by Crippen LogP contribution is -2.18. The molecule has 0 aliphatic carbocycles. The molecule has 0 saturated heterocycles. The van der Waals surface area contributed by atoms with E-state index in [9.17, 15) is 14.0 Å². The number of ether oxygens (including phenoxy) is 1. The van der Waals surface area contributed by atoms with Gasteiger partial charge in [0.15, 0.2) is 0 Å². The number of rotatable bonds is 11. The molecule has 0 fully saturated rings. The van der Waals surface area contributed by atoms with Gasteiger partial charge in [0.1, 0.15) is 5.75 Å². The number of benzene rings is 1. The van der Waals surface area contributed by atoms with Crippen molar-refractivity contribution in [3.8, 4) is 5.75 Å². The van der Waals surface area contributed by atoms with Crippen molar-refractivity contribution in [2.45, 2.75) is 39.9 Å². The van der Waals surface area contributed by atoms with E-state index in [-0.39, 0.29) is 11.4 Å². The van der Waals surface area contributed by atoms with Gasteiger partial charge in [-0.1, -0.05) is 34.5 Å². The van der Waals surface area contributed by atoms with E-state index in [4.69, 9.17) is 24.6 Å². The SMILES string of the molecule is CC(C)=CCCC(C)=CC(Oc1cccc(N=[N+]=[N-])c1)OP(=O)(O)OP(=O)(O)O. The van der Waals surface area contributed by atoms with Gasteiger partial charge in [0, 0.05) is 10.6 Å². The average Bonchev–Trinajstić information content (AvgIpc) is 2.52. The van der Waals surface area contributed by atoms with Gasteiger partial charge in [0.25, 0.3) is 0 Å². The molecule has 160 valence electrons. The Bertz CT molecular complexity index is 901. The summed E-state index contributed by atoms with van der Waals surface area (Å²) in [6.07, 6.45) is 3.17. The monoisotopic (exact) mass is 447 g/mol. The van der Waals surface area contributed by atoms with E-state index in [1.165, 1.54) is 30.3 Å². The van der Waals surface area contributed by atoms with Crippen LogP contribution in [0.15, 0.2) is 52.7 Å². The number of nitrogens with zero attached hydrogens (tertiary/aromatic N) is 3. The van der Waals surface area contributed by atoms with Crippen LogP contribution in [0.2, 0.25) is 0 Å². The molecular weight excluding hydrogens is 424 g/mol. The molecular formula is C16H23N3O8P2. The van der Waals surface area contributed by atoms with Gasteiger partial charge in [-0.05, 0) is 57.4 Å². The molecule has 0 aliphatic heterocycles. The molecule has 2 unspecified atom stereocenters. The number of phosphoric acid groups is 2. The Hall–Kier alpha value is -1.93. The highest BCUT2D eigenvalue weighted by Crippen LogP contribution is 2.58. The Morgan fingerprint density at radius 3 is 2.55 bits per heavy atom. The van der Waals surface area contributed by atoms with E-state index in [2.05, 4.69) is 14.3 Å². The van der Waals surface area contributed by atoms with Crippen molar-refractivity contribution in [1.29, 1.82) is 0 Å². The summed E-state index contributed by atoms with van der Waals surface area (Å²) >= 11 is 0. The Morgan fingerprint density at radius 2 is 1.97 bits per heavy atom. The fraction of sp³-hybridized carbons (Fsp3) is 0.375. The third-order valence-electron chi connectivity index (χ3n) is 3.19. The van der Waals surface area contributed by atoms with Crippen LogP contribution in [-0.4, -0.2) is 21.0 Å². The number of hydrogen-bond acceptors (Lipinski definition) is 6. The van der Waals surface area contributed by atoms with E-state index in [1.54, 1.807) is 6.92 Å². The minimum absolute atomic E-state index is 0.129. The van der Waals surface area contributed by atoms with Gasteiger partial charge in [0.05, 0.1) is 0 Å². The lowest BCUT2D eigenvalue weighted by molar-refractivity contribution is 0.0204. The maximum atomic E-state index is 11.9. The summed E-state index contributed by atoms with van der Waals surface area (Å²) < 4.78 is 36.9. The summed E-state index contributed by atoms with van der Waals surface area (Å²) in [7, 11) is -10.4. The highest BCUT2D eigenvalue weighted by Gasteiger charge is 2.35. The minimum atomic E-state index is -5.28. The van der Waals surface area contributed by atoms with Crippen LogP contribution in [0.4, 0.5) is 5.69 Å². The van der Waals surface area contributed by atoms with Gasteiger partial charge in [-0.15, -0.1) is 0 Å². The first-order valence-corrected chi connectivity index (χ1v) is 11.3. The molecule has 0 amide bonds. The largest absolute Gasteiger partial charge is 0.484 e. The topological polar surface area (TPSA) is 171 Å². The van der Waals surface area contributed by atoms with Gasteiger partial charge >= 0.3 is 15.6 Å². The van der Waals surface area contributed by atoms with Gasteiger partial charge in [-0.3, -0.25) is 0 Å². The van der Waals surface area contributed by atoms with Crippen molar-refractivity contribution in [3.63, 3.8) is 0 Å². The second kappa shape index (κ2) is 11.3. The van der Waals surface area contributed by atoms with Crippen LogP contribution in [0.3, 0.4) is 0 Å². The standard InChI is InChI=1S/C16H23N3O8P2/c1-12(2)6-4-7-13(3)10-16(26-29(23,24)27-28(20,21)22)25-15-9-5-8-14(11-15)18-19-17/h5-6,8-11,16H,4,7H2,1-3H3,(H,23,24)(H2,20,21,22). The first kappa shape index (κ1) is 25.1. The third-order valence-corrected chi connectivity index (χ3v) is 5.34. The highest BCUT2D eigenvalue weighted by molar-refractivity contribution is 7.60. The van der Waals surface area contributed by atoms with Crippen molar-refractivity contribution in [3.05, 3.63) is 58.0 Å². The highest BCUT2D eigenvalue weighted by atomic mass is 31.3. The van der Waals surface area contributed by atoms with Gasteiger partial charge in [0.2, 0.25) is 6.29 Å². The van der Waals surface area contributed by atoms with Crippen molar-refractivity contribution in [2.75, 3.05) is 0 Å². The van der Waals surface area contributed by atoms with E-state index in [1.807, 2.05) is 19.9 Å². The molecule has 2 atom stereocenters. The third kappa shape index (κ3) is 11.6. The van der Waals surface area contributed by atoms with Crippen molar-refractivity contribution < 1.29 is 37.4 Å². The molecule has 0 heterocycles. The van der Waals surface area contributed by atoms with Crippen LogP contribution in [0.1, 0.15) is 33.6 Å². The molecule has 0 aliphatic rings. The number of hydrogen-bond donors (Lipinski definition) is 3. The predicted molar refractivity (Wildman–Crippen MR) is 106 cm³/mol. The van der Waals surface area contributed by atoms with Crippen LogP contribution in [0, 0.1) is 0 Å². The molecule has 13 heteroatoms. The van der Waals surface area contributed by atoms with Crippen LogP contribution >= 0.6 is 15.6 Å². The predicted octanol–water partition coefficient (Wildman–Crippen LogP) is 5.25. The van der Waals surface area contributed by atoms with Crippen LogP contribution in [0.5, 0.6) is 5.75 Å². The summed E-state index contributed by atoms with van der Waals surface area (Å²) in [5.41, 5.74) is 10.6. The zero-order chi connectivity index (χ0) is 22.1. The Balaban J connectivity index is 3.08. The second-order valence-corrected chi connectivity index (χ2v) is 8.93. The molecule has 1 aromatic rings. The number of allylic oxidation sites excluding steroid dienone is 3. The van der Waals surface area contributed by atoms with Gasteiger partial charge in [-0.2, -0.15) is 4.31 Å². The summed E-state index contributed by atoms with van der Waals surface area (Å²) in [6, 6.07) is 5.86. The first-order valence-electron chi connectivity index (χ1n) is 8.31. The first-order chi connectivity index (χ1) is 13.4. The summed E-state index contributed by atoms with van der Waals surface area (Å²) in [4.78, 5) is 29.8. The molecule has 0 radical (unpaired) electrons. The molecule has 11 nitrogen and oxygen atoms in total. The van der Waals surface area contributed by atoms with E-state index < -0.39 is 21.9 Å². The Labute approximate surface area is 168 Å². The molecule has 29 heavy (non-hydrogen) atoms. The van der Waals surface area contributed by atoms with Gasteiger partial charge in [-0.25, -0.2) is 13.7 Å². The average molecular weight is 447 g/mol. The normalized spacial score (nSPS) is 15.0. The zero-order valence-corrected chi connectivity index (χ0v) is 17.9. The molecule has 0 saturated carbocycles. The van der Waals surface area contributed by atoms with E-state index in [0.717, 1.165) is 11.1 Å². The Kier molecular flexibility index (Phi) is 9.79. The fourth-order valence-electron chi connectivity index (χ4n) is 2.08. The molecule has 1 rings (SSSR count). The van der Waals surface area contributed by atoms with Crippen molar-refractivity contribution >= 4 is 21.3 Å². The maximum Gasteiger partial charge on any atom is 0.484 e. The van der Waals surface area contributed by atoms with Crippen molar-refractivity contribution in [1.82, 2.24) is 0 Å². The molecule has 1 aromatic carbocycles. The maximum absolute atomic E-state index is 11.9. The molecule has 0 spiro atoms. The smallest absolute Gasteiger partial charge is 0.461 e. The molecule has 0 bridgehead atoms. The molecule has 0 aromatic heterocycles. The summed E-state index contributed by atoms with van der Waals surface area (Å²) in [5, 5.41) is 3.42. The Morgan fingerprint density at radius 1 is 1.28 bits per heavy atom. The number of azide groups is 1. The quantitative estimate of drug-likeness (QED) is 0.103.